The first-order valence-electron chi connectivity index (χ1n) is 11.3. The Morgan fingerprint density at radius 3 is 2.63 bits per heavy atom. The number of carbonyl (C=O) groups excluding carboxylic acids is 2. The van der Waals surface area contributed by atoms with Gasteiger partial charge in [-0.1, -0.05) is 29.8 Å². The average Bonchev–Trinajstić information content (AvgIpc) is 3.53. The molecule has 1 atom stereocenters. The summed E-state index contributed by atoms with van der Waals surface area (Å²) in [7, 11) is 1.58. The van der Waals surface area contributed by atoms with E-state index in [9.17, 15) is 9.59 Å². The van der Waals surface area contributed by atoms with E-state index in [0.717, 1.165) is 11.1 Å². The maximum atomic E-state index is 13.8. The predicted octanol–water partition coefficient (Wildman–Crippen LogP) is 4.20. The van der Waals surface area contributed by atoms with Crippen molar-refractivity contribution in [1.29, 1.82) is 0 Å². The van der Waals surface area contributed by atoms with Crippen LogP contribution in [0.15, 0.2) is 77.4 Å². The number of carbonyl (C=O) groups is 2. The van der Waals surface area contributed by atoms with Crippen LogP contribution < -0.4 is 15.0 Å². The van der Waals surface area contributed by atoms with Crippen molar-refractivity contribution >= 4 is 17.5 Å². The molecule has 1 aliphatic heterocycles. The van der Waals surface area contributed by atoms with E-state index in [1.54, 1.807) is 72.3 Å². The molecule has 5 rings (SSSR count). The Morgan fingerprint density at radius 2 is 1.94 bits per heavy atom. The van der Waals surface area contributed by atoms with Gasteiger partial charge in [0.2, 0.25) is 5.91 Å². The van der Waals surface area contributed by atoms with Gasteiger partial charge in [-0.25, -0.2) is 0 Å². The highest BCUT2D eigenvalue weighted by Crippen LogP contribution is 2.35. The molecule has 0 saturated carbocycles. The van der Waals surface area contributed by atoms with E-state index in [-0.39, 0.29) is 18.4 Å². The number of hydrogen-bond acceptors (Lipinski definition) is 5. The molecule has 2 amide bonds. The van der Waals surface area contributed by atoms with Crippen molar-refractivity contribution in [3.05, 3.63) is 89.8 Å². The highest BCUT2D eigenvalue weighted by atomic mass is 16.5. The monoisotopic (exact) mass is 470 g/mol. The van der Waals surface area contributed by atoms with Gasteiger partial charge in [-0.3, -0.25) is 19.2 Å². The quantitative estimate of drug-likeness (QED) is 0.456. The molecule has 8 nitrogen and oxygen atoms in total. The van der Waals surface area contributed by atoms with Crippen molar-refractivity contribution in [1.82, 2.24) is 15.1 Å². The van der Waals surface area contributed by atoms with Crippen molar-refractivity contribution in [2.75, 3.05) is 12.0 Å². The highest BCUT2D eigenvalue weighted by Gasteiger charge is 2.49. The molecule has 0 fully saturated rings. The van der Waals surface area contributed by atoms with E-state index in [4.69, 9.17) is 9.15 Å². The summed E-state index contributed by atoms with van der Waals surface area (Å²) in [5.74, 6) is 0.624. The van der Waals surface area contributed by atoms with Crippen LogP contribution in [0, 0.1) is 6.92 Å². The van der Waals surface area contributed by atoms with Crippen LogP contribution in [0.3, 0.4) is 0 Å². The Bertz CT molecular complexity index is 1370. The largest absolute Gasteiger partial charge is 0.497 e. The lowest BCUT2D eigenvalue weighted by molar-refractivity contribution is -0.126. The van der Waals surface area contributed by atoms with Crippen LogP contribution in [0.25, 0.3) is 11.5 Å². The first kappa shape index (κ1) is 22.5. The van der Waals surface area contributed by atoms with Gasteiger partial charge in [0.1, 0.15) is 22.7 Å². The summed E-state index contributed by atoms with van der Waals surface area (Å²) in [6.45, 7) is 4.30. The van der Waals surface area contributed by atoms with Gasteiger partial charge in [0.15, 0.2) is 5.76 Å². The van der Waals surface area contributed by atoms with Crippen molar-refractivity contribution in [3.8, 4) is 17.2 Å². The molecule has 0 radical (unpaired) electrons. The van der Waals surface area contributed by atoms with Crippen LogP contribution >= 0.6 is 0 Å². The lowest BCUT2D eigenvalue weighted by Crippen LogP contribution is -2.64. The number of rotatable bonds is 6. The molecule has 0 spiro atoms. The lowest BCUT2D eigenvalue weighted by atomic mass is 9.93. The molecule has 2 aromatic heterocycles. The molecule has 1 N–H and O–H groups in total. The second-order valence-corrected chi connectivity index (χ2v) is 8.83. The summed E-state index contributed by atoms with van der Waals surface area (Å²) < 4.78 is 12.3. The minimum atomic E-state index is -1.23. The maximum absolute atomic E-state index is 13.8. The minimum Gasteiger partial charge on any atom is -0.497 e. The van der Waals surface area contributed by atoms with Gasteiger partial charge >= 0.3 is 0 Å². The summed E-state index contributed by atoms with van der Waals surface area (Å²) in [5, 5.41) is 7.61. The van der Waals surface area contributed by atoms with Gasteiger partial charge in [0.25, 0.3) is 5.91 Å². The Hall–Kier alpha value is -4.33. The van der Waals surface area contributed by atoms with Crippen LogP contribution in [-0.2, 0) is 17.9 Å². The number of furan rings is 1. The summed E-state index contributed by atoms with van der Waals surface area (Å²) in [4.78, 5) is 29.0. The van der Waals surface area contributed by atoms with Crippen LogP contribution in [0.1, 0.15) is 28.5 Å². The zero-order valence-corrected chi connectivity index (χ0v) is 19.8. The molecule has 35 heavy (non-hydrogen) atoms. The number of benzene rings is 2. The summed E-state index contributed by atoms with van der Waals surface area (Å²) in [6.07, 6.45) is 1.56. The molecule has 4 aromatic rings. The molecule has 2 aromatic carbocycles. The first-order valence-corrected chi connectivity index (χ1v) is 11.3. The van der Waals surface area contributed by atoms with Crippen molar-refractivity contribution in [2.45, 2.75) is 32.5 Å². The molecule has 178 valence electrons. The van der Waals surface area contributed by atoms with Gasteiger partial charge in [-0.05, 0) is 55.8 Å². The lowest BCUT2D eigenvalue weighted by Gasteiger charge is -2.43. The Balaban J connectivity index is 1.53. The number of aryl methyl sites for hydroxylation is 1. The average molecular weight is 471 g/mol. The fraction of sp³-hybridized carbons (Fsp3) is 0.222. The molecule has 0 bridgehead atoms. The SMILES string of the molecule is COc1ccc(N2C(=O)c3cc(-c4ccco4)nn3CC2(C)C(=O)NCc2cccc(C)c2)cc1. The molecular formula is C27H26N4O4. The van der Waals surface area contributed by atoms with Crippen LogP contribution in [0.5, 0.6) is 5.75 Å². The van der Waals surface area contributed by atoms with E-state index in [2.05, 4.69) is 10.4 Å². The molecule has 3 heterocycles. The van der Waals surface area contributed by atoms with E-state index in [1.807, 2.05) is 31.2 Å². The standard InChI is InChI=1S/C27H26N4O4/c1-18-6-4-7-19(14-18)16-28-26(33)27(2)17-30-23(15-22(29-30)24-8-5-13-35-24)25(32)31(27)20-9-11-21(34-3)12-10-20/h4-15H,16-17H2,1-3H3,(H,28,33). The number of anilines is 1. The van der Waals surface area contributed by atoms with Crippen molar-refractivity contribution < 1.29 is 18.7 Å². The molecular weight excluding hydrogens is 444 g/mol. The Labute approximate surface area is 203 Å². The van der Waals surface area contributed by atoms with Crippen LogP contribution in [0.2, 0.25) is 0 Å². The highest BCUT2D eigenvalue weighted by molar-refractivity contribution is 6.12. The normalized spacial score (nSPS) is 17.2. The number of aromatic nitrogens is 2. The minimum absolute atomic E-state index is 0.181. The zero-order chi connectivity index (χ0) is 24.6. The Morgan fingerprint density at radius 1 is 1.14 bits per heavy atom. The third-order valence-electron chi connectivity index (χ3n) is 6.28. The number of methoxy groups -OCH3 is 1. The summed E-state index contributed by atoms with van der Waals surface area (Å²) >= 11 is 0. The third-order valence-corrected chi connectivity index (χ3v) is 6.28. The number of ether oxygens (including phenoxy) is 1. The number of nitrogens with zero attached hydrogens (tertiary/aromatic N) is 3. The summed E-state index contributed by atoms with van der Waals surface area (Å²) in [6, 6.07) is 20.3. The van der Waals surface area contributed by atoms with Crippen LogP contribution in [0.4, 0.5) is 5.69 Å². The first-order chi connectivity index (χ1) is 16.9. The molecule has 1 unspecified atom stereocenters. The van der Waals surface area contributed by atoms with Crippen LogP contribution in [-0.4, -0.2) is 34.2 Å². The smallest absolute Gasteiger partial charge is 0.277 e. The fourth-order valence-corrected chi connectivity index (χ4v) is 4.46. The predicted molar refractivity (Wildman–Crippen MR) is 131 cm³/mol. The van der Waals surface area contributed by atoms with Gasteiger partial charge in [-0.2, -0.15) is 5.10 Å². The van der Waals surface area contributed by atoms with E-state index in [0.29, 0.717) is 35.1 Å². The van der Waals surface area contributed by atoms with Gasteiger partial charge < -0.3 is 14.5 Å². The second-order valence-electron chi connectivity index (χ2n) is 8.83. The molecule has 0 aliphatic carbocycles. The van der Waals surface area contributed by atoms with Crippen molar-refractivity contribution in [3.63, 3.8) is 0 Å². The molecule has 8 heteroatoms. The molecule has 1 aliphatic rings. The van der Waals surface area contributed by atoms with E-state index in [1.165, 1.54) is 0 Å². The number of fused-ring (bicyclic) bond motifs is 1. The second kappa shape index (κ2) is 8.79. The van der Waals surface area contributed by atoms with E-state index < -0.39 is 5.54 Å². The fourth-order valence-electron chi connectivity index (χ4n) is 4.46. The van der Waals surface area contributed by atoms with Gasteiger partial charge in [0.05, 0.1) is 19.9 Å². The Kier molecular flexibility index (Phi) is 5.64. The molecule has 0 saturated heterocycles. The number of hydrogen-bond donors (Lipinski definition) is 1. The van der Waals surface area contributed by atoms with Crippen molar-refractivity contribution in [2.24, 2.45) is 0 Å². The third kappa shape index (κ3) is 4.07. The van der Waals surface area contributed by atoms with Gasteiger partial charge in [-0.15, -0.1) is 0 Å². The maximum Gasteiger partial charge on any atom is 0.277 e. The van der Waals surface area contributed by atoms with E-state index >= 15 is 0 Å². The topological polar surface area (TPSA) is 89.6 Å². The zero-order valence-electron chi connectivity index (χ0n) is 19.8. The van der Waals surface area contributed by atoms with Gasteiger partial charge in [0, 0.05) is 18.3 Å². The number of nitrogens with one attached hydrogen (secondary N) is 1. The summed E-state index contributed by atoms with van der Waals surface area (Å²) in [5.41, 5.74) is 2.39. The number of amides is 2.